The lowest BCUT2D eigenvalue weighted by atomic mass is 9.98. The monoisotopic (exact) mass is 455 g/mol. The van der Waals surface area contributed by atoms with Gasteiger partial charge in [0.25, 0.3) is 11.8 Å². The Labute approximate surface area is 198 Å². The number of esters is 1. The van der Waals surface area contributed by atoms with Crippen LogP contribution in [0.25, 0.3) is 11.3 Å². The molecule has 172 valence electrons. The minimum Gasteiger partial charge on any atom is -0.465 e. The van der Waals surface area contributed by atoms with Crippen LogP contribution < -0.4 is 10.6 Å². The van der Waals surface area contributed by atoms with Crippen molar-refractivity contribution >= 4 is 40.4 Å². The highest BCUT2D eigenvalue weighted by atomic mass is 16.5. The first kappa shape index (κ1) is 22.8. The van der Waals surface area contributed by atoms with Crippen molar-refractivity contribution in [3.8, 4) is 0 Å². The molecule has 0 atom stereocenters. The van der Waals surface area contributed by atoms with Gasteiger partial charge < -0.3 is 20.3 Å². The van der Waals surface area contributed by atoms with E-state index in [1.807, 2.05) is 37.3 Å². The van der Waals surface area contributed by atoms with Crippen molar-refractivity contribution in [2.24, 2.45) is 0 Å². The van der Waals surface area contributed by atoms with Gasteiger partial charge in [-0.1, -0.05) is 36.4 Å². The molecule has 1 aliphatic rings. The molecule has 0 saturated heterocycles. The molecule has 2 amide bonds. The SMILES string of the molecule is CCN(C)C(=O)c1ccc2c(c1)NC(=O)/C2=C(\Nc1ccc(C(=O)OC)cc1)c1ccccc1. The lowest BCUT2D eigenvalue weighted by molar-refractivity contribution is -0.110. The van der Waals surface area contributed by atoms with E-state index >= 15 is 0 Å². The number of ether oxygens (including phenoxy) is 1. The Hall–Kier alpha value is -4.39. The molecule has 0 unspecified atom stereocenters. The Morgan fingerprint density at radius 1 is 0.941 bits per heavy atom. The number of benzene rings is 3. The third-order valence-electron chi connectivity index (χ3n) is 5.72. The van der Waals surface area contributed by atoms with E-state index < -0.39 is 5.97 Å². The number of amides is 2. The van der Waals surface area contributed by atoms with Crippen LogP contribution in [0.4, 0.5) is 11.4 Å². The number of fused-ring (bicyclic) bond motifs is 1. The number of rotatable bonds is 6. The molecule has 1 aliphatic heterocycles. The summed E-state index contributed by atoms with van der Waals surface area (Å²) in [5.41, 5.74) is 4.86. The topological polar surface area (TPSA) is 87.7 Å². The summed E-state index contributed by atoms with van der Waals surface area (Å²) >= 11 is 0. The van der Waals surface area contributed by atoms with E-state index in [4.69, 9.17) is 4.74 Å². The molecule has 34 heavy (non-hydrogen) atoms. The molecule has 1 heterocycles. The Morgan fingerprint density at radius 2 is 1.62 bits per heavy atom. The second-order valence-corrected chi connectivity index (χ2v) is 7.84. The molecule has 0 aromatic heterocycles. The van der Waals surface area contributed by atoms with Crippen LogP contribution in [0.3, 0.4) is 0 Å². The van der Waals surface area contributed by atoms with Crippen LogP contribution in [-0.4, -0.2) is 43.4 Å². The molecule has 0 aliphatic carbocycles. The molecule has 0 radical (unpaired) electrons. The lowest BCUT2D eigenvalue weighted by Gasteiger charge is -2.16. The van der Waals surface area contributed by atoms with Gasteiger partial charge in [-0.05, 0) is 48.9 Å². The summed E-state index contributed by atoms with van der Waals surface area (Å²) in [7, 11) is 3.07. The first-order chi connectivity index (χ1) is 16.4. The van der Waals surface area contributed by atoms with Gasteiger partial charge in [0.15, 0.2) is 0 Å². The van der Waals surface area contributed by atoms with E-state index in [1.165, 1.54) is 7.11 Å². The highest BCUT2D eigenvalue weighted by Crippen LogP contribution is 2.38. The smallest absolute Gasteiger partial charge is 0.337 e. The van der Waals surface area contributed by atoms with E-state index in [-0.39, 0.29) is 11.8 Å². The number of hydrogen-bond donors (Lipinski definition) is 2. The Balaban J connectivity index is 1.78. The standard InChI is InChI=1S/C27H25N3O4/c1-4-30(2)26(32)19-12-15-21-22(16-19)29-25(31)23(21)24(17-8-6-5-7-9-17)28-20-13-10-18(11-14-20)27(33)34-3/h5-16,28H,4H2,1-3H3,(H,29,31)/b24-23-. The van der Waals surface area contributed by atoms with Crippen LogP contribution >= 0.6 is 0 Å². The average molecular weight is 456 g/mol. The summed E-state index contributed by atoms with van der Waals surface area (Å²) in [4.78, 5) is 39.1. The first-order valence-electron chi connectivity index (χ1n) is 10.9. The summed E-state index contributed by atoms with van der Waals surface area (Å²) in [5, 5.41) is 6.25. The van der Waals surface area contributed by atoms with Gasteiger partial charge in [-0.15, -0.1) is 0 Å². The van der Waals surface area contributed by atoms with Crippen LogP contribution in [0.5, 0.6) is 0 Å². The molecule has 0 fully saturated rings. The van der Waals surface area contributed by atoms with Crippen molar-refractivity contribution in [2.45, 2.75) is 6.92 Å². The second-order valence-electron chi connectivity index (χ2n) is 7.84. The van der Waals surface area contributed by atoms with E-state index in [0.717, 1.165) is 5.56 Å². The number of carbonyl (C=O) groups excluding carboxylic acids is 3. The van der Waals surface area contributed by atoms with Crippen LogP contribution in [-0.2, 0) is 9.53 Å². The summed E-state index contributed by atoms with van der Waals surface area (Å²) in [5.74, 6) is -0.790. The quantitative estimate of drug-likeness (QED) is 0.422. The van der Waals surface area contributed by atoms with E-state index in [0.29, 0.717) is 45.9 Å². The van der Waals surface area contributed by atoms with Crippen LogP contribution in [0.15, 0.2) is 72.8 Å². The van der Waals surface area contributed by atoms with Crippen molar-refractivity contribution in [2.75, 3.05) is 31.3 Å². The maximum atomic E-state index is 13.1. The predicted octanol–water partition coefficient (Wildman–Crippen LogP) is 4.50. The zero-order valence-electron chi connectivity index (χ0n) is 19.2. The van der Waals surface area contributed by atoms with Gasteiger partial charge in [0.05, 0.1) is 23.9 Å². The number of nitrogens with one attached hydrogen (secondary N) is 2. The van der Waals surface area contributed by atoms with Gasteiger partial charge in [0.2, 0.25) is 0 Å². The van der Waals surface area contributed by atoms with E-state index in [1.54, 1.807) is 54.4 Å². The van der Waals surface area contributed by atoms with Crippen molar-refractivity contribution in [3.63, 3.8) is 0 Å². The molecular formula is C27H25N3O4. The number of methoxy groups -OCH3 is 1. The van der Waals surface area contributed by atoms with Gasteiger partial charge in [-0.3, -0.25) is 9.59 Å². The Bertz CT molecular complexity index is 1280. The average Bonchev–Trinajstić information content (AvgIpc) is 3.21. The third kappa shape index (κ3) is 4.41. The zero-order chi connectivity index (χ0) is 24.2. The summed E-state index contributed by atoms with van der Waals surface area (Å²) < 4.78 is 4.76. The third-order valence-corrected chi connectivity index (χ3v) is 5.72. The molecule has 2 N–H and O–H groups in total. The summed E-state index contributed by atoms with van der Waals surface area (Å²) in [6, 6.07) is 21.6. The molecule has 3 aromatic rings. The molecule has 7 nitrogen and oxygen atoms in total. The van der Waals surface area contributed by atoms with E-state index in [9.17, 15) is 14.4 Å². The maximum absolute atomic E-state index is 13.1. The number of carbonyl (C=O) groups is 3. The normalized spacial score (nSPS) is 13.6. The fourth-order valence-corrected chi connectivity index (χ4v) is 3.75. The van der Waals surface area contributed by atoms with Crippen molar-refractivity contribution in [3.05, 3.63) is 95.1 Å². The minimum absolute atomic E-state index is 0.107. The largest absolute Gasteiger partial charge is 0.465 e. The fourth-order valence-electron chi connectivity index (χ4n) is 3.75. The van der Waals surface area contributed by atoms with Crippen molar-refractivity contribution < 1.29 is 19.1 Å². The van der Waals surface area contributed by atoms with Crippen LogP contribution in [0, 0.1) is 0 Å². The predicted molar refractivity (Wildman–Crippen MR) is 132 cm³/mol. The molecule has 0 saturated carbocycles. The molecule has 7 heteroatoms. The highest BCUT2D eigenvalue weighted by Gasteiger charge is 2.29. The maximum Gasteiger partial charge on any atom is 0.337 e. The van der Waals surface area contributed by atoms with Gasteiger partial charge in [0.1, 0.15) is 0 Å². The van der Waals surface area contributed by atoms with Crippen molar-refractivity contribution in [1.29, 1.82) is 0 Å². The first-order valence-corrected chi connectivity index (χ1v) is 10.9. The zero-order valence-corrected chi connectivity index (χ0v) is 19.2. The summed E-state index contributed by atoms with van der Waals surface area (Å²) in [6.45, 7) is 2.49. The van der Waals surface area contributed by atoms with Crippen LogP contribution in [0.1, 0.15) is 38.8 Å². The van der Waals surface area contributed by atoms with Gasteiger partial charge in [-0.2, -0.15) is 0 Å². The molecule has 3 aromatic carbocycles. The van der Waals surface area contributed by atoms with Gasteiger partial charge in [-0.25, -0.2) is 4.79 Å². The lowest BCUT2D eigenvalue weighted by Crippen LogP contribution is -2.26. The molecule has 4 rings (SSSR count). The number of nitrogens with zero attached hydrogens (tertiary/aromatic N) is 1. The minimum atomic E-state index is -0.420. The Morgan fingerprint density at radius 3 is 2.26 bits per heavy atom. The Kier molecular flexibility index (Phi) is 6.45. The van der Waals surface area contributed by atoms with Gasteiger partial charge in [0, 0.05) is 36.1 Å². The molecular weight excluding hydrogens is 430 g/mol. The number of hydrogen-bond acceptors (Lipinski definition) is 5. The van der Waals surface area contributed by atoms with Crippen LogP contribution in [0.2, 0.25) is 0 Å². The molecule has 0 spiro atoms. The van der Waals surface area contributed by atoms with Gasteiger partial charge >= 0.3 is 5.97 Å². The highest BCUT2D eigenvalue weighted by molar-refractivity contribution is 6.37. The number of anilines is 2. The van der Waals surface area contributed by atoms with Crippen molar-refractivity contribution in [1.82, 2.24) is 4.90 Å². The summed E-state index contributed by atoms with van der Waals surface area (Å²) in [6.07, 6.45) is 0. The second kappa shape index (κ2) is 9.62. The molecule has 0 bridgehead atoms. The van der Waals surface area contributed by atoms with E-state index in [2.05, 4.69) is 10.6 Å². The fraction of sp³-hybridized carbons (Fsp3) is 0.148.